The highest BCUT2D eigenvalue weighted by atomic mass is 35.5. The van der Waals surface area contributed by atoms with Crippen LogP contribution < -0.4 is 10.6 Å². The van der Waals surface area contributed by atoms with E-state index in [9.17, 15) is 4.79 Å². The maximum absolute atomic E-state index is 12.3. The van der Waals surface area contributed by atoms with Gasteiger partial charge >= 0.3 is 0 Å². The van der Waals surface area contributed by atoms with E-state index in [1.165, 1.54) is 28.2 Å². The molecule has 0 aliphatic carbocycles. The Hall–Kier alpha value is -2.04. The van der Waals surface area contributed by atoms with E-state index in [0.717, 1.165) is 31.7 Å². The van der Waals surface area contributed by atoms with Gasteiger partial charge in [-0.15, -0.1) is 12.4 Å². The first-order valence-electron chi connectivity index (χ1n) is 9.28. The second-order valence-electron chi connectivity index (χ2n) is 6.94. The smallest absolute Gasteiger partial charge is 0.224 e. The number of benzene rings is 2. The Morgan fingerprint density at radius 1 is 1.19 bits per heavy atom. The molecule has 3 aromatic rings. The van der Waals surface area contributed by atoms with E-state index in [1.54, 1.807) is 0 Å². The van der Waals surface area contributed by atoms with Gasteiger partial charge in [0.2, 0.25) is 5.91 Å². The summed E-state index contributed by atoms with van der Waals surface area (Å²) in [6.45, 7) is 5.24. The molecule has 26 heavy (non-hydrogen) atoms. The van der Waals surface area contributed by atoms with Crippen LogP contribution in [0.5, 0.6) is 0 Å². The van der Waals surface area contributed by atoms with Gasteiger partial charge in [-0.1, -0.05) is 18.2 Å². The average molecular weight is 372 g/mol. The molecule has 2 N–H and O–H groups in total. The number of rotatable bonds is 5. The minimum atomic E-state index is 0. The maximum Gasteiger partial charge on any atom is 0.224 e. The van der Waals surface area contributed by atoms with Crippen molar-refractivity contribution in [3.05, 3.63) is 42.5 Å². The fraction of sp³-hybridized carbons (Fsp3) is 0.381. The molecule has 1 amide bonds. The Labute approximate surface area is 160 Å². The van der Waals surface area contributed by atoms with Gasteiger partial charge in [-0.25, -0.2) is 0 Å². The highest BCUT2D eigenvalue weighted by Crippen LogP contribution is 2.31. The number of fused-ring (bicyclic) bond motifs is 3. The van der Waals surface area contributed by atoms with Crippen molar-refractivity contribution in [1.82, 2.24) is 9.88 Å². The van der Waals surface area contributed by atoms with Crippen molar-refractivity contribution >= 4 is 45.8 Å². The highest BCUT2D eigenvalue weighted by Gasteiger charge is 2.16. The van der Waals surface area contributed by atoms with Crippen LogP contribution in [-0.4, -0.2) is 23.6 Å². The molecule has 4 nitrogen and oxygen atoms in total. The first kappa shape index (κ1) is 18.7. The molecule has 5 heteroatoms. The van der Waals surface area contributed by atoms with Crippen molar-refractivity contribution in [3.63, 3.8) is 0 Å². The molecule has 0 saturated carbocycles. The van der Waals surface area contributed by atoms with E-state index in [0.29, 0.717) is 12.3 Å². The summed E-state index contributed by atoms with van der Waals surface area (Å²) in [5, 5.41) is 8.89. The lowest BCUT2D eigenvalue weighted by Gasteiger charge is -2.09. The van der Waals surface area contributed by atoms with Gasteiger partial charge in [-0.05, 0) is 63.0 Å². The molecule has 138 valence electrons. The van der Waals surface area contributed by atoms with Gasteiger partial charge in [-0.2, -0.15) is 0 Å². The third-order valence-electron chi connectivity index (χ3n) is 5.31. The number of nitrogens with one attached hydrogen (secondary N) is 2. The van der Waals surface area contributed by atoms with Gasteiger partial charge in [0.05, 0.1) is 0 Å². The van der Waals surface area contributed by atoms with Crippen LogP contribution in [0.1, 0.15) is 26.2 Å². The van der Waals surface area contributed by atoms with Crippen molar-refractivity contribution in [2.45, 2.75) is 32.7 Å². The minimum Gasteiger partial charge on any atom is -0.341 e. The summed E-state index contributed by atoms with van der Waals surface area (Å²) in [4.78, 5) is 12.3. The number of aromatic nitrogens is 1. The molecule has 1 atom stereocenters. The summed E-state index contributed by atoms with van der Waals surface area (Å²) >= 11 is 0. The molecule has 1 aliphatic heterocycles. The lowest BCUT2D eigenvalue weighted by Crippen LogP contribution is -2.15. The van der Waals surface area contributed by atoms with Gasteiger partial charge in [-0.3, -0.25) is 4.79 Å². The van der Waals surface area contributed by atoms with Crippen LogP contribution in [0.15, 0.2) is 42.5 Å². The minimum absolute atomic E-state index is 0. The van der Waals surface area contributed by atoms with Crippen LogP contribution in [-0.2, 0) is 11.3 Å². The Morgan fingerprint density at radius 3 is 2.77 bits per heavy atom. The zero-order chi connectivity index (χ0) is 17.2. The molecule has 1 unspecified atom stereocenters. The summed E-state index contributed by atoms with van der Waals surface area (Å²) in [5.74, 6) is 0.765. The molecule has 1 aromatic heterocycles. The second-order valence-corrected chi connectivity index (χ2v) is 6.94. The van der Waals surface area contributed by atoms with Gasteiger partial charge < -0.3 is 15.2 Å². The molecule has 2 aromatic carbocycles. The van der Waals surface area contributed by atoms with Gasteiger partial charge in [0.25, 0.3) is 0 Å². The highest BCUT2D eigenvalue weighted by molar-refractivity contribution is 6.09. The average Bonchev–Trinajstić information content (AvgIpc) is 3.25. The van der Waals surface area contributed by atoms with E-state index in [4.69, 9.17) is 0 Å². The number of anilines is 1. The predicted molar refractivity (Wildman–Crippen MR) is 111 cm³/mol. The fourth-order valence-electron chi connectivity index (χ4n) is 3.99. The number of carbonyl (C=O) groups is 1. The van der Waals surface area contributed by atoms with Crippen LogP contribution in [0.2, 0.25) is 0 Å². The first-order chi connectivity index (χ1) is 12.3. The number of amides is 1. The van der Waals surface area contributed by atoms with Crippen LogP contribution in [0, 0.1) is 5.92 Å². The van der Waals surface area contributed by atoms with E-state index in [-0.39, 0.29) is 18.3 Å². The quantitative estimate of drug-likeness (QED) is 0.690. The second kappa shape index (κ2) is 8.11. The van der Waals surface area contributed by atoms with Crippen molar-refractivity contribution in [1.29, 1.82) is 0 Å². The number of aryl methyl sites for hydroxylation is 1. The van der Waals surface area contributed by atoms with Crippen LogP contribution in [0.25, 0.3) is 21.8 Å². The Balaban J connectivity index is 0.00000196. The molecule has 0 radical (unpaired) electrons. The van der Waals surface area contributed by atoms with E-state index in [1.807, 2.05) is 6.07 Å². The number of hydrogen-bond donors (Lipinski definition) is 2. The zero-order valence-electron chi connectivity index (χ0n) is 15.1. The van der Waals surface area contributed by atoms with Crippen LogP contribution in [0.3, 0.4) is 0 Å². The summed E-state index contributed by atoms with van der Waals surface area (Å²) < 4.78 is 2.32. The summed E-state index contributed by atoms with van der Waals surface area (Å²) in [6.07, 6.45) is 2.76. The van der Waals surface area contributed by atoms with Crippen molar-refractivity contribution in [2.75, 3.05) is 18.4 Å². The van der Waals surface area contributed by atoms with E-state index >= 15 is 0 Å². The first-order valence-corrected chi connectivity index (χ1v) is 9.28. The van der Waals surface area contributed by atoms with Crippen molar-refractivity contribution in [3.8, 4) is 0 Å². The topological polar surface area (TPSA) is 46.1 Å². The lowest BCUT2D eigenvalue weighted by atomic mass is 10.0. The van der Waals surface area contributed by atoms with E-state index in [2.05, 4.69) is 58.5 Å². The molecule has 0 bridgehead atoms. The number of hydrogen-bond acceptors (Lipinski definition) is 2. The van der Waals surface area contributed by atoms with Crippen LogP contribution in [0.4, 0.5) is 5.69 Å². The van der Waals surface area contributed by atoms with Crippen molar-refractivity contribution in [2.24, 2.45) is 5.92 Å². The fourth-order valence-corrected chi connectivity index (χ4v) is 3.99. The molecular formula is C21H26ClN3O. The van der Waals surface area contributed by atoms with E-state index < -0.39 is 0 Å². The molecule has 1 saturated heterocycles. The maximum atomic E-state index is 12.3. The SMILES string of the molecule is CCn1c2ccccc2c2cc(NC(=O)CCC3CCNC3)ccc21.Cl. The van der Waals surface area contributed by atoms with Crippen molar-refractivity contribution < 1.29 is 4.79 Å². The lowest BCUT2D eigenvalue weighted by molar-refractivity contribution is -0.116. The Kier molecular flexibility index (Phi) is 5.84. The molecule has 2 heterocycles. The van der Waals surface area contributed by atoms with Gasteiger partial charge in [0, 0.05) is 40.5 Å². The molecule has 4 rings (SSSR count). The monoisotopic (exact) mass is 371 g/mol. The van der Waals surface area contributed by atoms with Gasteiger partial charge in [0.1, 0.15) is 0 Å². The molecular weight excluding hydrogens is 346 g/mol. The summed E-state index contributed by atoms with van der Waals surface area (Å²) in [5.41, 5.74) is 3.36. The van der Waals surface area contributed by atoms with Crippen LogP contribution >= 0.6 is 12.4 Å². The largest absolute Gasteiger partial charge is 0.341 e. The Morgan fingerprint density at radius 2 is 2.00 bits per heavy atom. The Bertz CT molecular complexity index is 912. The van der Waals surface area contributed by atoms with Gasteiger partial charge in [0.15, 0.2) is 0 Å². The number of nitrogens with zero attached hydrogens (tertiary/aromatic N) is 1. The number of carbonyl (C=O) groups excluding carboxylic acids is 1. The third kappa shape index (κ3) is 3.57. The summed E-state index contributed by atoms with van der Waals surface area (Å²) in [6, 6.07) is 14.7. The normalized spacial score (nSPS) is 16.7. The zero-order valence-corrected chi connectivity index (χ0v) is 15.9. The number of halogens is 1. The predicted octanol–water partition coefficient (Wildman–Crippen LogP) is 4.56. The molecule has 1 fully saturated rings. The summed E-state index contributed by atoms with van der Waals surface area (Å²) in [7, 11) is 0. The third-order valence-corrected chi connectivity index (χ3v) is 5.31. The number of para-hydroxylation sites is 1. The molecule has 1 aliphatic rings. The standard InChI is InChI=1S/C21H25N3O.ClH/c1-2-24-19-6-4-3-5-17(19)18-13-16(8-9-20(18)24)23-21(25)10-7-15-11-12-22-14-15;/h3-6,8-9,13,15,22H,2,7,10-12,14H2,1H3,(H,23,25);1H. The molecule has 0 spiro atoms.